The van der Waals surface area contributed by atoms with Gasteiger partial charge in [0.05, 0.1) is 17.6 Å². The molecule has 0 radical (unpaired) electrons. The average molecular weight is 596 g/mol. The summed E-state index contributed by atoms with van der Waals surface area (Å²) in [5.74, 6) is 0.780. The summed E-state index contributed by atoms with van der Waals surface area (Å²) in [6, 6.07) is 6.73. The van der Waals surface area contributed by atoms with Crippen molar-refractivity contribution in [1.29, 1.82) is 0 Å². The van der Waals surface area contributed by atoms with Crippen molar-refractivity contribution in [2.75, 3.05) is 39.3 Å². The average Bonchev–Trinajstić information content (AvgIpc) is 2.96. The molecule has 2 aliphatic heterocycles. The number of nitrogens with two attached hydrogens (primary N) is 1. The van der Waals surface area contributed by atoms with Gasteiger partial charge in [-0.3, -0.25) is 14.6 Å². The molecule has 0 spiro atoms. The normalized spacial score (nSPS) is 21.3. The van der Waals surface area contributed by atoms with Gasteiger partial charge in [0.2, 0.25) is 0 Å². The highest BCUT2D eigenvalue weighted by Gasteiger charge is 2.34. The number of aliphatic hydroxyl groups is 1. The molecule has 0 aromatic heterocycles. The molecule has 2 aliphatic rings. The summed E-state index contributed by atoms with van der Waals surface area (Å²) in [5, 5.41) is 13.0. The van der Waals surface area contributed by atoms with E-state index in [9.17, 15) is 9.90 Å². The summed E-state index contributed by atoms with van der Waals surface area (Å²) in [6.45, 7) is 14.1. The number of piperidine rings is 1. The zero-order valence-electron chi connectivity index (χ0n) is 24.6. The van der Waals surface area contributed by atoms with Gasteiger partial charge in [-0.1, -0.05) is 37.9 Å². The summed E-state index contributed by atoms with van der Waals surface area (Å²) < 4.78 is 0. The van der Waals surface area contributed by atoms with Crippen molar-refractivity contribution < 1.29 is 9.90 Å². The second kappa shape index (κ2) is 16.0. The van der Waals surface area contributed by atoms with Crippen molar-refractivity contribution in [3.63, 3.8) is 0 Å². The van der Waals surface area contributed by atoms with Crippen LogP contribution in [0, 0.1) is 0 Å². The summed E-state index contributed by atoms with van der Waals surface area (Å²) in [4.78, 5) is 24.6. The number of nitrogens with one attached hydrogen (secondary N) is 1. The van der Waals surface area contributed by atoms with Gasteiger partial charge in [-0.2, -0.15) is 0 Å². The van der Waals surface area contributed by atoms with Crippen molar-refractivity contribution in [2.45, 2.75) is 90.4 Å². The van der Waals surface area contributed by atoms with E-state index in [1.807, 2.05) is 25.1 Å². The number of aliphatic imine (C=N–C) groups is 1. The van der Waals surface area contributed by atoms with Crippen molar-refractivity contribution in [2.24, 2.45) is 10.7 Å². The van der Waals surface area contributed by atoms with Crippen LogP contribution in [0.15, 0.2) is 34.6 Å². The molecule has 224 valence electrons. The number of hydrogen-bond acceptors (Lipinski definition) is 6. The Kier molecular flexibility index (Phi) is 13.0. The number of likely N-dealkylation sites (tertiary alicyclic amines) is 1. The molecule has 8 nitrogen and oxygen atoms in total. The largest absolute Gasteiger partial charge is 0.392 e. The minimum atomic E-state index is -0.321. The lowest BCUT2D eigenvalue weighted by Gasteiger charge is -2.48. The SMILES string of the molecule is CCCCNC(=O)/C(C)=C(\N)N=C(C(C)Cl)N1CCN(C2CCN(Cc3ccc(Cl)cc3CO)CC2)[C@@H](CC)C1. The van der Waals surface area contributed by atoms with E-state index in [0.29, 0.717) is 29.2 Å². The van der Waals surface area contributed by atoms with Gasteiger partial charge in [0.25, 0.3) is 5.91 Å². The van der Waals surface area contributed by atoms with Crippen LogP contribution in [0.1, 0.15) is 70.9 Å². The Morgan fingerprint density at radius 3 is 2.55 bits per heavy atom. The number of unbranched alkanes of at least 4 members (excludes halogenated alkanes) is 1. The van der Waals surface area contributed by atoms with Crippen LogP contribution in [-0.2, 0) is 17.9 Å². The maximum absolute atomic E-state index is 12.5. The number of piperazine rings is 1. The smallest absolute Gasteiger partial charge is 0.250 e. The monoisotopic (exact) mass is 594 g/mol. The molecule has 2 heterocycles. The Balaban J connectivity index is 1.61. The van der Waals surface area contributed by atoms with Crippen LogP contribution in [0.3, 0.4) is 0 Å². The molecular weight excluding hydrogens is 547 g/mol. The van der Waals surface area contributed by atoms with Crippen molar-refractivity contribution in [1.82, 2.24) is 20.0 Å². The minimum absolute atomic E-state index is 0.00813. The molecule has 0 aliphatic carbocycles. The first-order valence-electron chi connectivity index (χ1n) is 14.8. The first kappa shape index (κ1) is 32.7. The molecule has 0 saturated carbocycles. The summed E-state index contributed by atoms with van der Waals surface area (Å²) in [6.07, 6.45) is 5.22. The first-order valence-corrected chi connectivity index (χ1v) is 15.6. The van der Waals surface area contributed by atoms with Gasteiger partial charge in [0.1, 0.15) is 11.7 Å². The highest BCUT2D eigenvalue weighted by molar-refractivity contribution is 6.31. The molecule has 40 heavy (non-hydrogen) atoms. The zero-order valence-corrected chi connectivity index (χ0v) is 26.1. The lowest BCUT2D eigenvalue weighted by molar-refractivity contribution is -0.117. The topological polar surface area (TPSA) is 97.4 Å². The maximum atomic E-state index is 12.5. The number of benzene rings is 1. The standard InChI is InChI=1S/C30H48Cl2N6O2/c1-5-7-12-34-30(40)21(3)28(33)35-29(22(4)31)37-15-16-38(26(6-2)19-37)27-10-13-36(14-11-27)18-23-8-9-25(32)17-24(23)20-39/h8-9,17,22,26-27,39H,5-7,10-16,18-20,33H2,1-4H3,(H,34,40)/b28-21+,35-29?/t22?,26-/m0/s1. The molecule has 1 aromatic carbocycles. The van der Waals surface area contributed by atoms with Crippen LogP contribution in [0.4, 0.5) is 0 Å². The Bertz CT molecular complexity index is 1040. The zero-order chi connectivity index (χ0) is 29.2. The van der Waals surface area contributed by atoms with Gasteiger partial charge in [-0.25, -0.2) is 4.99 Å². The van der Waals surface area contributed by atoms with Crippen LogP contribution in [0.2, 0.25) is 5.02 Å². The number of carbonyl (C=O) groups excluding carboxylic acids is 1. The third kappa shape index (κ3) is 8.83. The Labute approximate surface area is 250 Å². The second-order valence-electron chi connectivity index (χ2n) is 11.0. The third-order valence-corrected chi connectivity index (χ3v) is 8.64. The number of amides is 1. The molecule has 0 bridgehead atoms. The van der Waals surface area contributed by atoms with Crippen molar-refractivity contribution >= 4 is 34.9 Å². The molecule has 1 amide bonds. The number of alkyl halides is 1. The van der Waals surface area contributed by atoms with Crippen LogP contribution >= 0.6 is 23.2 Å². The lowest BCUT2D eigenvalue weighted by Crippen LogP contribution is -2.60. The number of amidine groups is 1. The highest BCUT2D eigenvalue weighted by atomic mass is 35.5. The van der Waals surface area contributed by atoms with E-state index >= 15 is 0 Å². The van der Waals surface area contributed by atoms with Crippen LogP contribution in [0.5, 0.6) is 0 Å². The number of hydrogen-bond donors (Lipinski definition) is 3. The van der Waals surface area contributed by atoms with Crippen molar-refractivity contribution in [3.8, 4) is 0 Å². The molecule has 3 rings (SSSR count). The number of aliphatic hydroxyl groups excluding tert-OH is 1. The molecule has 2 atom stereocenters. The molecule has 1 aromatic rings. The molecule has 1 unspecified atom stereocenters. The molecular formula is C30H48Cl2N6O2. The van der Waals surface area contributed by atoms with Gasteiger partial charge < -0.3 is 21.1 Å². The number of halogens is 2. The predicted octanol–water partition coefficient (Wildman–Crippen LogP) is 4.33. The Morgan fingerprint density at radius 2 is 1.93 bits per heavy atom. The first-order chi connectivity index (χ1) is 19.2. The number of nitrogens with zero attached hydrogens (tertiary/aromatic N) is 4. The second-order valence-corrected chi connectivity index (χ2v) is 12.1. The van der Waals surface area contributed by atoms with E-state index in [1.165, 1.54) is 0 Å². The third-order valence-electron chi connectivity index (χ3n) is 8.21. The summed E-state index contributed by atoms with van der Waals surface area (Å²) in [7, 11) is 0. The van der Waals surface area contributed by atoms with Gasteiger partial charge in [0, 0.05) is 49.8 Å². The number of rotatable bonds is 11. The summed E-state index contributed by atoms with van der Waals surface area (Å²) >= 11 is 12.7. The molecule has 2 fully saturated rings. The molecule has 2 saturated heterocycles. The fourth-order valence-corrected chi connectivity index (χ4v) is 6.10. The van der Waals surface area contributed by atoms with Crippen LogP contribution in [-0.4, -0.2) is 88.3 Å². The fourth-order valence-electron chi connectivity index (χ4n) is 5.71. The highest BCUT2D eigenvalue weighted by Crippen LogP contribution is 2.26. The van der Waals surface area contributed by atoms with E-state index in [-0.39, 0.29) is 23.7 Å². The van der Waals surface area contributed by atoms with E-state index in [4.69, 9.17) is 28.9 Å². The molecule has 10 heteroatoms. The van der Waals surface area contributed by atoms with E-state index in [2.05, 4.69) is 38.9 Å². The van der Waals surface area contributed by atoms with Gasteiger partial charge in [0.15, 0.2) is 0 Å². The van der Waals surface area contributed by atoms with Crippen LogP contribution < -0.4 is 11.1 Å². The van der Waals surface area contributed by atoms with Gasteiger partial charge in [-0.05, 0) is 75.9 Å². The van der Waals surface area contributed by atoms with Gasteiger partial charge in [-0.15, -0.1) is 11.6 Å². The van der Waals surface area contributed by atoms with E-state index in [0.717, 1.165) is 88.3 Å². The van der Waals surface area contributed by atoms with Gasteiger partial charge >= 0.3 is 0 Å². The Hall–Kier alpha value is -1.84. The van der Waals surface area contributed by atoms with E-state index in [1.54, 1.807) is 6.92 Å². The van der Waals surface area contributed by atoms with E-state index < -0.39 is 0 Å². The quantitative estimate of drug-likeness (QED) is 0.116. The summed E-state index contributed by atoms with van der Waals surface area (Å²) in [5.41, 5.74) is 8.76. The maximum Gasteiger partial charge on any atom is 0.250 e. The Morgan fingerprint density at radius 1 is 1.20 bits per heavy atom. The molecule has 4 N–H and O–H groups in total. The minimum Gasteiger partial charge on any atom is -0.392 e. The van der Waals surface area contributed by atoms with Crippen LogP contribution in [0.25, 0.3) is 0 Å². The fraction of sp³-hybridized carbons (Fsp3) is 0.667. The number of carbonyl (C=O) groups is 1. The predicted molar refractivity (Wildman–Crippen MR) is 166 cm³/mol. The lowest BCUT2D eigenvalue weighted by atomic mass is 9.97. The van der Waals surface area contributed by atoms with Crippen molar-refractivity contribution in [3.05, 3.63) is 45.7 Å².